The van der Waals surface area contributed by atoms with Crippen LogP contribution in [-0.4, -0.2) is 16.1 Å². The van der Waals surface area contributed by atoms with Crippen molar-refractivity contribution in [3.8, 4) is 6.07 Å². The minimum Gasteiger partial charge on any atom is -0.326 e. The lowest BCUT2D eigenvalue weighted by Gasteiger charge is -2.11. The molecule has 186 valence electrons. The van der Waals surface area contributed by atoms with Crippen LogP contribution in [0.25, 0.3) is 0 Å². The lowest BCUT2D eigenvalue weighted by Crippen LogP contribution is -2.23. The van der Waals surface area contributed by atoms with Gasteiger partial charge in [0.15, 0.2) is 0 Å². The topological polar surface area (TPSA) is 82.0 Å². The van der Waals surface area contributed by atoms with Crippen LogP contribution in [0.15, 0.2) is 71.9 Å². The maximum Gasteiger partial charge on any atom is 0.257 e. The van der Waals surface area contributed by atoms with Gasteiger partial charge < -0.3 is 10.6 Å². The van der Waals surface area contributed by atoms with Gasteiger partial charge in [-0.2, -0.15) is 5.26 Å². The third-order valence-corrected chi connectivity index (χ3v) is 6.95. The molecule has 0 bridgehead atoms. The summed E-state index contributed by atoms with van der Waals surface area (Å²) in [5, 5.41) is 15.2. The van der Waals surface area contributed by atoms with Crippen LogP contribution in [0.2, 0.25) is 15.1 Å². The lowest BCUT2D eigenvalue weighted by molar-refractivity contribution is -0.117. The van der Waals surface area contributed by atoms with E-state index in [1.807, 2.05) is 6.07 Å². The van der Waals surface area contributed by atoms with Crippen LogP contribution in [-0.2, 0) is 4.79 Å². The average Bonchev–Trinajstić information content (AvgIpc) is 3.36. The van der Waals surface area contributed by atoms with Crippen LogP contribution in [0.5, 0.6) is 0 Å². The summed E-state index contributed by atoms with van der Waals surface area (Å²) in [7, 11) is 0. The monoisotopic (exact) mass is 601 g/mol. The molecule has 2 aromatic carbocycles. The summed E-state index contributed by atoms with van der Waals surface area (Å²) < 4.78 is -1.36. The Labute approximate surface area is 238 Å². The second kappa shape index (κ2) is 11.9. The zero-order chi connectivity index (χ0) is 26.6. The zero-order valence-corrected chi connectivity index (χ0v) is 22.8. The van der Waals surface area contributed by atoms with Gasteiger partial charge in [0.25, 0.3) is 5.91 Å². The number of hydrogen-bond donors (Lipinski definition) is 2. The molecule has 2 atom stereocenters. The maximum atomic E-state index is 13.0. The van der Waals surface area contributed by atoms with E-state index in [9.17, 15) is 9.59 Å². The van der Waals surface area contributed by atoms with Crippen molar-refractivity contribution in [2.45, 2.75) is 16.7 Å². The van der Waals surface area contributed by atoms with Gasteiger partial charge in [0, 0.05) is 32.4 Å². The first-order valence-corrected chi connectivity index (χ1v) is 12.6. The molecular formula is C25H17Cl6N3O2. The molecule has 2 aromatic rings. The van der Waals surface area contributed by atoms with Crippen LogP contribution in [0.4, 0.5) is 5.69 Å². The van der Waals surface area contributed by atoms with Crippen LogP contribution < -0.4 is 10.6 Å². The Morgan fingerprint density at radius 1 is 1.11 bits per heavy atom. The van der Waals surface area contributed by atoms with Crippen molar-refractivity contribution in [3.05, 3.63) is 98.1 Å². The highest BCUT2D eigenvalue weighted by Gasteiger charge is 2.67. The molecule has 3 rings (SSSR count). The van der Waals surface area contributed by atoms with E-state index >= 15 is 0 Å². The van der Waals surface area contributed by atoms with Gasteiger partial charge in [-0.1, -0.05) is 59.1 Å². The molecule has 36 heavy (non-hydrogen) atoms. The summed E-state index contributed by atoms with van der Waals surface area (Å²) in [6.45, 7) is 3.57. The van der Waals surface area contributed by atoms with E-state index in [0.29, 0.717) is 27.0 Å². The SMILES string of the molecule is C=C(Cl)/C=C(\C=C/CC#N)NC(=O)c1cc(NC(=O)C2C(c3cc(Cl)cc(Cl)c3)C2(Cl)Cl)ccc1Cl. The van der Waals surface area contributed by atoms with E-state index in [1.54, 1.807) is 30.3 Å². The quantitative estimate of drug-likeness (QED) is 0.237. The number of nitriles is 1. The Bertz CT molecular complexity index is 1310. The number of rotatable bonds is 8. The van der Waals surface area contributed by atoms with Gasteiger partial charge in [-0.3, -0.25) is 9.59 Å². The molecular weight excluding hydrogens is 587 g/mol. The number of carbonyl (C=O) groups is 2. The fourth-order valence-electron chi connectivity index (χ4n) is 3.55. The molecule has 1 saturated carbocycles. The second-order valence-electron chi connectivity index (χ2n) is 7.78. The third-order valence-electron chi connectivity index (χ3n) is 5.14. The molecule has 0 saturated heterocycles. The van der Waals surface area contributed by atoms with Gasteiger partial charge in [0.1, 0.15) is 4.33 Å². The zero-order valence-electron chi connectivity index (χ0n) is 18.3. The fraction of sp³-hybridized carbons (Fsp3) is 0.160. The Morgan fingerprint density at radius 3 is 2.39 bits per heavy atom. The number of nitrogens with one attached hydrogen (secondary N) is 2. The number of alkyl halides is 2. The van der Waals surface area contributed by atoms with Crippen molar-refractivity contribution >= 4 is 87.1 Å². The number of allylic oxidation sites excluding steroid dienone is 4. The van der Waals surface area contributed by atoms with Crippen LogP contribution >= 0.6 is 69.6 Å². The molecule has 0 spiro atoms. The summed E-state index contributed by atoms with van der Waals surface area (Å²) in [5.74, 6) is -2.32. The molecule has 2 amide bonds. The van der Waals surface area contributed by atoms with Crippen LogP contribution in [0.3, 0.4) is 0 Å². The van der Waals surface area contributed by atoms with Crippen molar-refractivity contribution in [1.29, 1.82) is 5.26 Å². The number of halogens is 6. The van der Waals surface area contributed by atoms with Crippen molar-refractivity contribution in [3.63, 3.8) is 0 Å². The van der Waals surface area contributed by atoms with Gasteiger partial charge in [0.2, 0.25) is 5.91 Å². The highest BCUT2D eigenvalue weighted by molar-refractivity contribution is 6.53. The summed E-state index contributed by atoms with van der Waals surface area (Å²) in [6.07, 6.45) is 4.62. The molecule has 2 N–H and O–H groups in total. The van der Waals surface area contributed by atoms with Crippen LogP contribution in [0.1, 0.15) is 28.3 Å². The third kappa shape index (κ3) is 6.98. The Balaban J connectivity index is 1.78. The van der Waals surface area contributed by atoms with Gasteiger partial charge in [0.05, 0.1) is 29.0 Å². The largest absolute Gasteiger partial charge is 0.326 e. The number of hydrogen-bond acceptors (Lipinski definition) is 3. The number of benzene rings is 2. The first-order chi connectivity index (χ1) is 16.9. The molecule has 11 heteroatoms. The molecule has 0 aliphatic heterocycles. The summed E-state index contributed by atoms with van der Waals surface area (Å²) in [5.41, 5.74) is 1.33. The molecule has 0 heterocycles. The number of amides is 2. The number of nitrogens with zero attached hydrogens (tertiary/aromatic N) is 1. The van der Waals surface area contributed by atoms with E-state index in [-0.39, 0.29) is 22.0 Å². The fourth-order valence-corrected chi connectivity index (χ4v) is 5.24. The molecule has 1 aliphatic rings. The molecule has 1 aliphatic carbocycles. The Morgan fingerprint density at radius 2 is 1.78 bits per heavy atom. The van der Waals surface area contributed by atoms with Crippen LogP contribution in [0, 0.1) is 17.2 Å². The predicted octanol–water partition coefficient (Wildman–Crippen LogP) is 8.01. The van der Waals surface area contributed by atoms with E-state index in [2.05, 4.69) is 17.2 Å². The highest BCUT2D eigenvalue weighted by atomic mass is 35.5. The van der Waals surface area contributed by atoms with Gasteiger partial charge in [-0.05, 0) is 54.1 Å². The summed E-state index contributed by atoms with van der Waals surface area (Å²) in [4.78, 5) is 25.9. The van der Waals surface area contributed by atoms with Gasteiger partial charge >= 0.3 is 0 Å². The number of carbonyl (C=O) groups excluding carboxylic acids is 2. The standard InChI is InChI=1S/C25H17Cl6N3O2/c1-13(26)8-17(4-2-3-7-32)33-23(35)19-12-18(5-6-20(19)29)34-24(36)22-21(25(22,30)31)14-9-15(27)11-16(28)10-14/h2,4-6,8-12,21-22H,1,3H2,(H,33,35)(H,34,36)/b4-2-,17-8+. The predicted molar refractivity (Wildman–Crippen MR) is 147 cm³/mol. The Kier molecular flexibility index (Phi) is 9.40. The minimum absolute atomic E-state index is 0.0891. The first-order valence-electron chi connectivity index (χ1n) is 10.3. The van der Waals surface area contributed by atoms with E-state index < -0.39 is 28.0 Å². The summed E-state index contributed by atoms with van der Waals surface area (Å²) in [6, 6.07) is 11.3. The van der Waals surface area contributed by atoms with Crippen molar-refractivity contribution in [2.24, 2.45) is 5.92 Å². The van der Waals surface area contributed by atoms with Crippen molar-refractivity contribution in [2.75, 3.05) is 5.32 Å². The van der Waals surface area contributed by atoms with E-state index in [4.69, 9.17) is 74.9 Å². The molecule has 0 aromatic heterocycles. The minimum atomic E-state index is -1.36. The van der Waals surface area contributed by atoms with Gasteiger partial charge in [-0.15, -0.1) is 23.2 Å². The first kappa shape index (κ1) is 28.4. The van der Waals surface area contributed by atoms with Crippen molar-refractivity contribution in [1.82, 2.24) is 5.32 Å². The molecule has 2 unspecified atom stereocenters. The number of anilines is 1. The van der Waals surface area contributed by atoms with E-state index in [1.165, 1.54) is 24.3 Å². The highest BCUT2D eigenvalue weighted by Crippen LogP contribution is 2.65. The second-order valence-corrected chi connectivity index (χ2v) is 11.0. The summed E-state index contributed by atoms with van der Waals surface area (Å²) >= 11 is 37.0. The maximum absolute atomic E-state index is 13.0. The normalized spacial score (nSPS) is 18.4. The van der Waals surface area contributed by atoms with Crippen molar-refractivity contribution < 1.29 is 9.59 Å². The average molecular weight is 604 g/mol. The lowest BCUT2D eigenvalue weighted by atomic mass is 10.1. The van der Waals surface area contributed by atoms with Gasteiger partial charge in [-0.25, -0.2) is 0 Å². The molecule has 0 radical (unpaired) electrons. The smallest absolute Gasteiger partial charge is 0.257 e. The molecule has 1 fully saturated rings. The molecule has 5 nitrogen and oxygen atoms in total. The Hall–Kier alpha value is -2.17. The van der Waals surface area contributed by atoms with E-state index in [0.717, 1.165) is 0 Å².